The van der Waals surface area contributed by atoms with Gasteiger partial charge in [0.15, 0.2) is 0 Å². The summed E-state index contributed by atoms with van der Waals surface area (Å²) in [5, 5.41) is 0. The van der Waals surface area contributed by atoms with E-state index in [9.17, 15) is 13.2 Å². The van der Waals surface area contributed by atoms with E-state index in [1.54, 1.807) is 12.4 Å². The molecule has 1 aromatic carbocycles. The first-order valence-electron chi connectivity index (χ1n) is 6.22. The Morgan fingerprint density at radius 2 is 2.14 bits per heavy atom. The molecule has 2 aromatic rings. The number of benzene rings is 1. The van der Waals surface area contributed by atoms with Crippen LogP contribution < -0.4 is 11.3 Å². The molecule has 0 aliphatic rings. The maximum absolute atomic E-state index is 12.9. The van der Waals surface area contributed by atoms with Gasteiger partial charge >= 0.3 is 6.18 Å². The van der Waals surface area contributed by atoms with E-state index in [1.807, 2.05) is 11.5 Å². The highest BCUT2D eigenvalue weighted by atomic mass is 79.9. The van der Waals surface area contributed by atoms with Crippen LogP contribution in [0.3, 0.4) is 0 Å². The molecule has 0 bridgehead atoms. The third-order valence-corrected chi connectivity index (χ3v) is 3.87. The molecule has 1 aromatic heterocycles. The fraction of sp³-hybridized carbons (Fsp3) is 0.308. The third kappa shape index (κ3) is 3.28. The van der Waals surface area contributed by atoms with E-state index in [1.165, 1.54) is 6.07 Å². The summed E-state index contributed by atoms with van der Waals surface area (Å²) in [4.78, 5) is 4.19. The Balaban J connectivity index is 2.52. The number of nitrogens with two attached hydrogens (primary N) is 1. The SMILES string of the molecule is CCn1ccnc1C(NN)c1cc(C(F)(F)F)ccc1Br. The van der Waals surface area contributed by atoms with Crippen molar-refractivity contribution in [2.45, 2.75) is 25.7 Å². The van der Waals surface area contributed by atoms with Crippen LogP contribution in [-0.4, -0.2) is 9.55 Å². The number of nitrogens with zero attached hydrogens (tertiary/aromatic N) is 2. The number of hydrogen-bond acceptors (Lipinski definition) is 3. The number of alkyl halides is 3. The molecule has 1 atom stereocenters. The van der Waals surface area contributed by atoms with Gasteiger partial charge < -0.3 is 4.57 Å². The van der Waals surface area contributed by atoms with E-state index in [-0.39, 0.29) is 0 Å². The molecule has 2 rings (SSSR count). The molecule has 0 radical (unpaired) electrons. The zero-order valence-corrected chi connectivity index (χ0v) is 12.7. The predicted molar refractivity (Wildman–Crippen MR) is 76.2 cm³/mol. The van der Waals surface area contributed by atoms with Crippen molar-refractivity contribution in [1.29, 1.82) is 0 Å². The quantitative estimate of drug-likeness (QED) is 0.648. The zero-order chi connectivity index (χ0) is 15.6. The lowest BCUT2D eigenvalue weighted by molar-refractivity contribution is -0.137. The number of halogens is 4. The van der Waals surface area contributed by atoms with Crippen molar-refractivity contribution in [2.75, 3.05) is 0 Å². The van der Waals surface area contributed by atoms with Gasteiger partial charge in [-0.2, -0.15) is 13.2 Å². The van der Waals surface area contributed by atoms with Gasteiger partial charge in [-0.15, -0.1) is 0 Å². The Hall–Kier alpha value is -1.38. The standard InChI is InChI=1S/C13H14BrF3N4/c1-2-21-6-5-19-12(21)11(20-18)9-7-8(13(15,16)17)3-4-10(9)14/h3-7,11,20H,2,18H2,1H3. The average molecular weight is 363 g/mol. The van der Waals surface area contributed by atoms with Crippen LogP contribution in [0.4, 0.5) is 13.2 Å². The number of imidazole rings is 1. The highest BCUT2D eigenvalue weighted by molar-refractivity contribution is 9.10. The van der Waals surface area contributed by atoms with Crippen LogP contribution in [0.1, 0.15) is 29.9 Å². The van der Waals surface area contributed by atoms with Gasteiger partial charge in [-0.05, 0) is 30.7 Å². The van der Waals surface area contributed by atoms with Gasteiger partial charge in [0.1, 0.15) is 11.9 Å². The second-order valence-electron chi connectivity index (χ2n) is 4.41. The second-order valence-corrected chi connectivity index (χ2v) is 5.26. The molecule has 3 N–H and O–H groups in total. The van der Waals surface area contributed by atoms with Crippen LogP contribution in [-0.2, 0) is 12.7 Å². The number of aryl methyl sites for hydroxylation is 1. The van der Waals surface area contributed by atoms with Gasteiger partial charge in [-0.25, -0.2) is 10.4 Å². The molecule has 0 amide bonds. The lowest BCUT2D eigenvalue weighted by Crippen LogP contribution is -2.31. The molecular weight excluding hydrogens is 349 g/mol. The van der Waals surface area contributed by atoms with Crippen LogP contribution in [0.25, 0.3) is 0 Å². The summed E-state index contributed by atoms with van der Waals surface area (Å²) >= 11 is 3.27. The van der Waals surface area contributed by atoms with Crippen molar-refractivity contribution in [1.82, 2.24) is 15.0 Å². The number of nitrogens with one attached hydrogen (secondary N) is 1. The van der Waals surface area contributed by atoms with Crippen LogP contribution in [0.5, 0.6) is 0 Å². The molecular formula is C13H14BrF3N4. The summed E-state index contributed by atoms with van der Waals surface area (Å²) in [7, 11) is 0. The molecule has 0 fully saturated rings. The van der Waals surface area contributed by atoms with Gasteiger partial charge in [-0.1, -0.05) is 15.9 Å². The molecule has 0 spiro atoms. The van der Waals surface area contributed by atoms with Crippen molar-refractivity contribution < 1.29 is 13.2 Å². The minimum Gasteiger partial charge on any atom is -0.334 e. The minimum atomic E-state index is -4.41. The third-order valence-electron chi connectivity index (χ3n) is 3.15. The van der Waals surface area contributed by atoms with E-state index in [4.69, 9.17) is 5.84 Å². The Bertz CT molecular complexity index is 624. The van der Waals surface area contributed by atoms with Crippen LogP contribution in [0.15, 0.2) is 35.1 Å². The van der Waals surface area contributed by atoms with Gasteiger partial charge in [0.2, 0.25) is 0 Å². The largest absolute Gasteiger partial charge is 0.416 e. The normalized spacial score (nSPS) is 13.4. The molecule has 21 heavy (non-hydrogen) atoms. The lowest BCUT2D eigenvalue weighted by atomic mass is 10.0. The van der Waals surface area contributed by atoms with Crippen LogP contribution in [0, 0.1) is 0 Å². The number of hydrazine groups is 1. The molecule has 1 unspecified atom stereocenters. The van der Waals surface area contributed by atoms with Gasteiger partial charge in [0, 0.05) is 23.4 Å². The fourth-order valence-corrected chi connectivity index (χ4v) is 2.57. The number of rotatable bonds is 4. The average Bonchev–Trinajstić information content (AvgIpc) is 2.88. The van der Waals surface area contributed by atoms with Crippen molar-refractivity contribution in [2.24, 2.45) is 5.84 Å². The van der Waals surface area contributed by atoms with E-state index in [0.717, 1.165) is 12.1 Å². The summed E-state index contributed by atoms with van der Waals surface area (Å²) in [5.74, 6) is 6.10. The highest BCUT2D eigenvalue weighted by Crippen LogP contribution is 2.35. The Labute approximate surface area is 128 Å². The second kappa shape index (κ2) is 6.17. The van der Waals surface area contributed by atoms with E-state index in [2.05, 4.69) is 26.3 Å². The number of aromatic nitrogens is 2. The van der Waals surface area contributed by atoms with Crippen LogP contribution >= 0.6 is 15.9 Å². The molecule has 8 heteroatoms. The summed E-state index contributed by atoms with van der Waals surface area (Å²) < 4.78 is 40.9. The number of hydrogen-bond donors (Lipinski definition) is 2. The van der Waals surface area contributed by atoms with Gasteiger partial charge in [0.05, 0.1) is 5.56 Å². The highest BCUT2D eigenvalue weighted by Gasteiger charge is 2.32. The first-order chi connectivity index (χ1) is 9.88. The summed E-state index contributed by atoms with van der Waals surface area (Å²) in [6, 6.07) is 2.81. The molecule has 0 aliphatic carbocycles. The summed E-state index contributed by atoms with van der Waals surface area (Å²) in [6.45, 7) is 2.56. The fourth-order valence-electron chi connectivity index (χ4n) is 2.09. The van der Waals surface area contributed by atoms with Crippen molar-refractivity contribution in [3.05, 3.63) is 52.0 Å². The van der Waals surface area contributed by atoms with E-state index in [0.29, 0.717) is 22.4 Å². The maximum atomic E-state index is 12.9. The monoisotopic (exact) mass is 362 g/mol. The Morgan fingerprint density at radius 3 is 2.71 bits per heavy atom. The predicted octanol–water partition coefficient (Wildman–Crippen LogP) is 3.24. The smallest absolute Gasteiger partial charge is 0.334 e. The Kier molecular flexibility index (Phi) is 4.70. The van der Waals surface area contributed by atoms with Crippen molar-refractivity contribution in [3.63, 3.8) is 0 Å². The van der Waals surface area contributed by atoms with Crippen LogP contribution in [0.2, 0.25) is 0 Å². The van der Waals surface area contributed by atoms with E-state index >= 15 is 0 Å². The minimum absolute atomic E-state index is 0.383. The molecule has 0 aliphatic heterocycles. The molecule has 0 saturated heterocycles. The zero-order valence-electron chi connectivity index (χ0n) is 11.2. The van der Waals surface area contributed by atoms with Gasteiger partial charge in [0.25, 0.3) is 0 Å². The van der Waals surface area contributed by atoms with E-state index < -0.39 is 17.8 Å². The molecule has 1 heterocycles. The first-order valence-corrected chi connectivity index (χ1v) is 7.01. The van der Waals surface area contributed by atoms with Crippen molar-refractivity contribution in [3.8, 4) is 0 Å². The molecule has 0 saturated carbocycles. The topological polar surface area (TPSA) is 55.9 Å². The summed E-state index contributed by atoms with van der Waals surface area (Å²) in [6.07, 6.45) is -1.07. The first kappa shape index (κ1) is 16.0. The summed E-state index contributed by atoms with van der Waals surface area (Å²) in [5.41, 5.74) is 2.19. The van der Waals surface area contributed by atoms with Crippen molar-refractivity contribution >= 4 is 15.9 Å². The Morgan fingerprint density at radius 1 is 1.43 bits per heavy atom. The molecule has 114 valence electrons. The lowest BCUT2D eigenvalue weighted by Gasteiger charge is -2.20. The maximum Gasteiger partial charge on any atom is 0.416 e. The van der Waals surface area contributed by atoms with Gasteiger partial charge in [-0.3, -0.25) is 5.84 Å². The molecule has 4 nitrogen and oxygen atoms in total.